The lowest BCUT2D eigenvalue weighted by atomic mass is 9.84. The second-order valence-corrected chi connectivity index (χ2v) is 4.51. The Morgan fingerprint density at radius 1 is 1.29 bits per heavy atom. The van der Waals surface area contributed by atoms with Crippen molar-refractivity contribution < 1.29 is 12.5 Å². The van der Waals surface area contributed by atoms with Gasteiger partial charge < -0.3 is 15.2 Å². The third-order valence-corrected chi connectivity index (χ3v) is 3.76. The van der Waals surface area contributed by atoms with E-state index in [2.05, 4.69) is 0 Å². The highest BCUT2D eigenvalue weighted by Crippen LogP contribution is 2.39. The number of nitrogens with two attached hydrogens (primary N) is 1. The molecule has 82 valence electrons. The van der Waals surface area contributed by atoms with Gasteiger partial charge in [-0.3, -0.25) is 3.07 Å². The Kier molecular flexibility index (Phi) is 3.64. The first-order valence-corrected chi connectivity index (χ1v) is 5.95. The van der Waals surface area contributed by atoms with Crippen molar-refractivity contribution in [3.8, 4) is 0 Å². The molecule has 1 aliphatic heterocycles. The highest BCUT2D eigenvalue weighted by atomic mass is 127. The van der Waals surface area contributed by atoms with Gasteiger partial charge in [0.15, 0.2) is 5.79 Å². The maximum absolute atomic E-state index is 5.82. The molecule has 14 heavy (non-hydrogen) atoms. The molecule has 0 bridgehead atoms. The fourth-order valence-corrected chi connectivity index (χ4v) is 2.68. The van der Waals surface area contributed by atoms with Crippen molar-refractivity contribution in [2.75, 3.05) is 13.2 Å². The van der Waals surface area contributed by atoms with Crippen molar-refractivity contribution in [2.24, 2.45) is 11.7 Å². The Morgan fingerprint density at radius 2 is 1.86 bits per heavy atom. The van der Waals surface area contributed by atoms with Gasteiger partial charge in [-0.1, -0.05) is 0 Å². The van der Waals surface area contributed by atoms with E-state index >= 15 is 0 Å². The third kappa shape index (κ3) is 2.21. The maximum atomic E-state index is 5.82. The summed E-state index contributed by atoms with van der Waals surface area (Å²) in [6.07, 6.45) is 3.82. The second kappa shape index (κ2) is 4.61. The summed E-state index contributed by atoms with van der Waals surface area (Å²) in [5, 5.41) is 0. The minimum atomic E-state index is -0.276. The summed E-state index contributed by atoms with van der Waals surface area (Å²) < 4.78 is 16.4. The number of ether oxygens (including phenoxy) is 2. The SMILES string of the molecule is NC(OI)C1CCC2(CC1)OCCO2. The highest BCUT2D eigenvalue weighted by molar-refractivity contribution is 14.1. The smallest absolute Gasteiger partial charge is 0.168 e. The molecular weight excluding hydrogens is 297 g/mol. The van der Waals surface area contributed by atoms with Crippen LogP contribution in [0.3, 0.4) is 0 Å². The van der Waals surface area contributed by atoms with E-state index in [1.807, 2.05) is 23.0 Å². The van der Waals surface area contributed by atoms with Crippen LogP contribution in [0.1, 0.15) is 25.7 Å². The van der Waals surface area contributed by atoms with Gasteiger partial charge in [0.1, 0.15) is 29.2 Å². The van der Waals surface area contributed by atoms with Gasteiger partial charge in [0.05, 0.1) is 13.2 Å². The van der Waals surface area contributed by atoms with Crippen molar-refractivity contribution in [3.05, 3.63) is 0 Å². The topological polar surface area (TPSA) is 53.7 Å². The Bertz CT molecular complexity index is 186. The van der Waals surface area contributed by atoms with E-state index < -0.39 is 0 Å². The van der Waals surface area contributed by atoms with Gasteiger partial charge in [0.25, 0.3) is 0 Å². The summed E-state index contributed by atoms with van der Waals surface area (Å²) in [4.78, 5) is 0. The summed E-state index contributed by atoms with van der Waals surface area (Å²) >= 11 is 1.87. The molecule has 2 rings (SSSR count). The molecule has 2 N–H and O–H groups in total. The van der Waals surface area contributed by atoms with Gasteiger partial charge in [0.2, 0.25) is 0 Å². The Balaban J connectivity index is 1.85. The van der Waals surface area contributed by atoms with Crippen LogP contribution in [-0.2, 0) is 12.5 Å². The quantitative estimate of drug-likeness (QED) is 0.621. The zero-order chi connectivity index (χ0) is 10.0. The molecule has 0 aromatic carbocycles. The lowest BCUT2D eigenvalue weighted by Crippen LogP contribution is -2.40. The van der Waals surface area contributed by atoms with Gasteiger partial charge >= 0.3 is 0 Å². The Labute approximate surface area is 98.1 Å². The molecule has 4 nitrogen and oxygen atoms in total. The van der Waals surface area contributed by atoms with E-state index in [4.69, 9.17) is 18.3 Å². The minimum absolute atomic E-state index is 0.144. The Hall–Kier alpha value is 0.570. The zero-order valence-electron chi connectivity index (χ0n) is 8.08. The molecule has 1 spiro atoms. The van der Waals surface area contributed by atoms with E-state index in [1.165, 1.54) is 0 Å². The fraction of sp³-hybridized carbons (Fsp3) is 1.00. The molecule has 2 aliphatic rings. The average Bonchev–Trinajstić information content (AvgIpc) is 2.67. The summed E-state index contributed by atoms with van der Waals surface area (Å²) in [5.41, 5.74) is 5.82. The van der Waals surface area contributed by atoms with Crippen molar-refractivity contribution in [2.45, 2.75) is 37.7 Å². The van der Waals surface area contributed by atoms with Crippen LogP contribution in [0.2, 0.25) is 0 Å². The third-order valence-electron chi connectivity index (χ3n) is 3.17. The predicted molar refractivity (Wildman–Crippen MR) is 59.7 cm³/mol. The minimum Gasteiger partial charge on any atom is -0.348 e. The van der Waals surface area contributed by atoms with Crippen molar-refractivity contribution in [3.63, 3.8) is 0 Å². The molecular formula is C9H16INO3. The summed E-state index contributed by atoms with van der Waals surface area (Å²) in [5.74, 6) is 0.173. The van der Waals surface area contributed by atoms with Gasteiger partial charge in [-0.2, -0.15) is 0 Å². The lowest BCUT2D eigenvalue weighted by molar-refractivity contribution is -0.185. The lowest BCUT2D eigenvalue weighted by Gasteiger charge is -2.36. The molecule has 0 radical (unpaired) electrons. The summed E-state index contributed by atoms with van der Waals surface area (Å²) in [6, 6.07) is 0. The number of rotatable bonds is 2. The molecule has 5 heteroatoms. The first kappa shape index (κ1) is 11.1. The van der Waals surface area contributed by atoms with E-state index in [-0.39, 0.29) is 12.0 Å². The highest BCUT2D eigenvalue weighted by Gasteiger charge is 2.41. The van der Waals surface area contributed by atoms with Gasteiger partial charge in [-0.25, -0.2) is 0 Å². The van der Waals surface area contributed by atoms with Gasteiger partial charge in [-0.15, -0.1) is 0 Å². The van der Waals surface area contributed by atoms with Crippen LogP contribution in [0.15, 0.2) is 0 Å². The van der Waals surface area contributed by atoms with Crippen LogP contribution in [0.25, 0.3) is 0 Å². The Morgan fingerprint density at radius 3 is 2.36 bits per heavy atom. The van der Waals surface area contributed by atoms with E-state index in [0.29, 0.717) is 5.92 Å². The van der Waals surface area contributed by atoms with Crippen LogP contribution in [0.5, 0.6) is 0 Å². The molecule has 1 aliphatic carbocycles. The number of hydrogen-bond acceptors (Lipinski definition) is 4. The molecule has 1 unspecified atom stereocenters. The molecule has 0 amide bonds. The van der Waals surface area contributed by atoms with Gasteiger partial charge in [-0.05, 0) is 18.8 Å². The summed E-state index contributed by atoms with van der Waals surface area (Å²) in [7, 11) is 0. The van der Waals surface area contributed by atoms with E-state index in [9.17, 15) is 0 Å². The van der Waals surface area contributed by atoms with Crippen LogP contribution in [0, 0.1) is 5.92 Å². The zero-order valence-corrected chi connectivity index (χ0v) is 10.2. The van der Waals surface area contributed by atoms with Crippen LogP contribution >= 0.6 is 23.0 Å². The van der Waals surface area contributed by atoms with E-state index in [1.54, 1.807) is 0 Å². The maximum Gasteiger partial charge on any atom is 0.168 e. The average molecular weight is 313 g/mol. The van der Waals surface area contributed by atoms with Crippen molar-refractivity contribution in [1.29, 1.82) is 0 Å². The molecule has 2 fully saturated rings. The van der Waals surface area contributed by atoms with E-state index in [0.717, 1.165) is 38.9 Å². The van der Waals surface area contributed by atoms with Crippen molar-refractivity contribution in [1.82, 2.24) is 0 Å². The molecule has 1 atom stereocenters. The van der Waals surface area contributed by atoms with Crippen LogP contribution in [-0.4, -0.2) is 25.2 Å². The first-order chi connectivity index (χ1) is 6.76. The second-order valence-electron chi connectivity index (χ2n) is 4.00. The monoisotopic (exact) mass is 313 g/mol. The molecule has 1 saturated carbocycles. The largest absolute Gasteiger partial charge is 0.348 e. The normalized spacial score (nSPS) is 29.6. The first-order valence-electron chi connectivity index (χ1n) is 5.07. The standard InChI is InChI=1S/C9H16INO3/c10-14-8(11)7-1-3-9(4-2-7)12-5-6-13-9/h7-8H,1-6,11H2. The summed E-state index contributed by atoms with van der Waals surface area (Å²) in [6.45, 7) is 1.47. The molecule has 0 aromatic heterocycles. The predicted octanol–water partition coefficient (Wildman–Crippen LogP) is 1.57. The number of halogens is 1. The van der Waals surface area contributed by atoms with Crippen molar-refractivity contribution >= 4 is 23.0 Å². The molecule has 1 saturated heterocycles. The van der Waals surface area contributed by atoms with Crippen LogP contribution < -0.4 is 5.73 Å². The fourth-order valence-electron chi connectivity index (χ4n) is 2.27. The molecule has 1 heterocycles. The number of hydrogen-bond donors (Lipinski definition) is 1. The van der Waals surface area contributed by atoms with Crippen LogP contribution in [0.4, 0.5) is 0 Å². The molecule has 0 aromatic rings. The van der Waals surface area contributed by atoms with Gasteiger partial charge in [0, 0.05) is 12.8 Å².